The summed E-state index contributed by atoms with van der Waals surface area (Å²) in [5, 5.41) is 11.2. The molecule has 0 radical (unpaired) electrons. The fourth-order valence-corrected chi connectivity index (χ4v) is 2.61. The number of hydrogen-bond donors (Lipinski definition) is 2. The smallest absolute Gasteiger partial charge is 0.163 e. The third-order valence-corrected chi connectivity index (χ3v) is 4.03. The molecule has 0 amide bonds. The summed E-state index contributed by atoms with van der Waals surface area (Å²) in [7, 11) is 0. The highest BCUT2D eigenvalue weighted by molar-refractivity contribution is 9.10. The van der Waals surface area contributed by atoms with E-state index in [1.807, 2.05) is 20.8 Å². The lowest BCUT2D eigenvalue weighted by molar-refractivity contribution is 0.621. The predicted molar refractivity (Wildman–Crippen MR) is 89.5 cm³/mol. The van der Waals surface area contributed by atoms with E-state index >= 15 is 0 Å². The van der Waals surface area contributed by atoms with Crippen LogP contribution >= 0.6 is 28.1 Å². The molecule has 0 atom stereocenters. The number of thiocarbonyl (C=S) groups is 1. The number of anilines is 2. The largest absolute Gasteiger partial charge is 0.389 e. The molecule has 1 heterocycles. The second-order valence-corrected chi connectivity index (χ2v) is 6.00. The molecule has 4 nitrogen and oxygen atoms in total. The van der Waals surface area contributed by atoms with Crippen molar-refractivity contribution in [1.82, 2.24) is 10.2 Å². The first kappa shape index (κ1) is 15.8. The molecule has 0 aliphatic rings. The number of nitrogens with two attached hydrogens (primary N) is 1. The maximum atomic E-state index is 13.7. The van der Waals surface area contributed by atoms with Gasteiger partial charge in [0.05, 0.1) is 15.7 Å². The van der Waals surface area contributed by atoms with Crippen molar-refractivity contribution >= 4 is 44.6 Å². The molecule has 0 unspecified atom stereocenters. The second kappa shape index (κ2) is 6.03. The third kappa shape index (κ3) is 3.19. The van der Waals surface area contributed by atoms with Crippen molar-refractivity contribution in [3.63, 3.8) is 0 Å². The van der Waals surface area contributed by atoms with E-state index in [2.05, 4.69) is 31.4 Å². The first-order chi connectivity index (χ1) is 9.81. The number of hydrogen-bond acceptors (Lipinski definition) is 4. The summed E-state index contributed by atoms with van der Waals surface area (Å²) in [6.07, 6.45) is 0. The summed E-state index contributed by atoms with van der Waals surface area (Å²) >= 11 is 8.23. The fourth-order valence-electron chi connectivity index (χ4n) is 1.91. The van der Waals surface area contributed by atoms with Gasteiger partial charge >= 0.3 is 0 Å². The van der Waals surface area contributed by atoms with Crippen LogP contribution in [-0.2, 0) is 0 Å². The third-order valence-electron chi connectivity index (χ3n) is 3.22. The van der Waals surface area contributed by atoms with Gasteiger partial charge in [-0.05, 0) is 60.0 Å². The van der Waals surface area contributed by atoms with Crippen LogP contribution < -0.4 is 11.1 Å². The van der Waals surface area contributed by atoms with Crippen LogP contribution in [0.15, 0.2) is 16.6 Å². The molecular weight excluding hydrogens is 355 g/mol. The maximum absolute atomic E-state index is 13.7. The van der Waals surface area contributed by atoms with Crippen LogP contribution in [-0.4, -0.2) is 15.2 Å². The minimum atomic E-state index is -0.364. The Morgan fingerprint density at radius 1 is 1.29 bits per heavy atom. The molecule has 110 valence electrons. The Balaban J connectivity index is 2.52. The first-order valence-corrected chi connectivity index (χ1v) is 7.37. The molecule has 0 spiro atoms. The Kier molecular flexibility index (Phi) is 4.53. The van der Waals surface area contributed by atoms with E-state index in [1.165, 1.54) is 6.07 Å². The van der Waals surface area contributed by atoms with Crippen molar-refractivity contribution in [2.75, 3.05) is 5.32 Å². The quantitative estimate of drug-likeness (QED) is 0.809. The SMILES string of the molecule is Cc1cc(Br)c(F)cc1Nc1nnc(C)c(C)c1C(N)=S. The Morgan fingerprint density at radius 3 is 2.57 bits per heavy atom. The summed E-state index contributed by atoms with van der Waals surface area (Å²) in [5.41, 5.74) is 9.45. The minimum Gasteiger partial charge on any atom is -0.389 e. The highest BCUT2D eigenvalue weighted by atomic mass is 79.9. The maximum Gasteiger partial charge on any atom is 0.163 e. The Labute approximate surface area is 136 Å². The first-order valence-electron chi connectivity index (χ1n) is 6.17. The lowest BCUT2D eigenvalue weighted by Gasteiger charge is -2.15. The van der Waals surface area contributed by atoms with Gasteiger partial charge in [0.15, 0.2) is 5.82 Å². The zero-order chi connectivity index (χ0) is 15.7. The number of aromatic nitrogens is 2. The van der Waals surface area contributed by atoms with Gasteiger partial charge < -0.3 is 11.1 Å². The van der Waals surface area contributed by atoms with E-state index in [-0.39, 0.29) is 10.8 Å². The second-order valence-electron chi connectivity index (χ2n) is 4.70. The van der Waals surface area contributed by atoms with Gasteiger partial charge in [0.2, 0.25) is 0 Å². The van der Waals surface area contributed by atoms with Crippen LogP contribution in [0.3, 0.4) is 0 Å². The molecule has 21 heavy (non-hydrogen) atoms. The van der Waals surface area contributed by atoms with Crippen molar-refractivity contribution in [1.29, 1.82) is 0 Å². The molecule has 0 aliphatic heterocycles. The fraction of sp³-hybridized carbons (Fsp3) is 0.214. The number of nitrogens with one attached hydrogen (secondary N) is 1. The number of aryl methyl sites for hydroxylation is 2. The molecule has 1 aromatic carbocycles. The topological polar surface area (TPSA) is 63.8 Å². The highest BCUT2D eigenvalue weighted by Crippen LogP contribution is 2.28. The molecule has 0 aliphatic carbocycles. The van der Waals surface area contributed by atoms with Gasteiger partial charge in [-0.1, -0.05) is 12.2 Å². The van der Waals surface area contributed by atoms with Gasteiger partial charge in [-0.15, -0.1) is 5.10 Å². The lowest BCUT2D eigenvalue weighted by atomic mass is 10.1. The van der Waals surface area contributed by atoms with E-state index in [9.17, 15) is 4.39 Å². The van der Waals surface area contributed by atoms with Crippen molar-refractivity contribution in [3.05, 3.63) is 44.8 Å². The molecular formula is C14H14BrFN4S. The van der Waals surface area contributed by atoms with Crippen molar-refractivity contribution in [2.24, 2.45) is 5.73 Å². The predicted octanol–water partition coefficient (Wildman–Crippen LogP) is 3.68. The van der Waals surface area contributed by atoms with E-state index in [1.54, 1.807) is 6.07 Å². The van der Waals surface area contributed by atoms with Gasteiger partial charge in [-0.2, -0.15) is 5.10 Å². The Bertz CT molecular complexity index is 733. The Morgan fingerprint density at radius 2 is 1.95 bits per heavy atom. The summed E-state index contributed by atoms with van der Waals surface area (Å²) in [5.74, 6) is 0.0622. The van der Waals surface area contributed by atoms with Gasteiger partial charge in [0.25, 0.3) is 0 Å². The number of halogens is 2. The number of benzene rings is 1. The molecule has 0 fully saturated rings. The van der Waals surface area contributed by atoms with Gasteiger partial charge in [0, 0.05) is 5.69 Å². The van der Waals surface area contributed by atoms with Crippen LogP contribution in [0.2, 0.25) is 0 Å². The number of rotatable bonds is 3. The molecule has 2 rings (SSSR count). The van der Waals surface area contributed by atoms with Crippen LogP contribution in [0.1, 0.15) is 22.4 Å². The molecule has 1 aromatic heterocycles. The number of nitrogens with zero attached hydrogens (tertiary/aromatic N) is 2. The zero-order valence-electron chi connectivity index (χ0n) is 11.8. The van der Waals surface area contributed by atoms with Crippen molar-refractivity contribution in [2.45, 2.75) is 20.8 Å². The normalized spacial score (nSPS) is 10.5. The molecule has 7 heteroatoms. The van der Waals surface area contributed by atoms with Gasteiger partial charge in [0.1, 0.15) is 10.8 Å². The monoisotopic (exact) mass is 368 g/mol. The van der Waals surface area contributed by atoms with Crippen molar-refractivity contribution in [3.8, 4) is 0 Å². The summed E-state index contributed by atoms with van der Waals surface area (Å²) in [6.45, 7) is 5.57. The van der Waals surface area contributed by atoms with Crippen LogP contribution in [0, 0.1) is 26.6 Å². The van der Waals surface area contributed by atoms with Gasteiger partial charge in [-0.3, -0.25) is 0 Å². The van der Waals surface area contributed by atoms with Gasteiger partial charge in [-0.25, -0.2) is 4.39 Å². The summed E-state index contributed by atoms with van der Waals surface area (Å²) in [4.78, 5) is 0.225. The van der Waals surface area contributed by atoms with Crippen LogP contribution in [0.4, 0.5) is 15.9 Å². The van der Waals surface area contributed by atoms with E-state index in [0.29, 0.717) is 21.5 Å². The average molecular weight is 369 g/mol. The van der Waals surface area contributed by atoms with E-state index < -0.39 is 0 Å². The minimum absolute atomic E-state index is 0.225. The molecule has 3 N–H and O–H groups in total. The van der Waals surface area contributed by atoms with E-state index in [4.69, 9.17) is 18.0 Å². The molecule has 0 saturated heterocycles. The average Bonchev–Trinajstić information content (AvgIpc) is 2.40. The standard InChI is InChI=1S/C14H14BrFN4S/c1-6-4-9(15)10(16)5-11(6)18-14-12(13(17)21)7(2)8(3)19-20-14/h4-5H,1-3H3,(H2,17,21)(H,18,20). The molecule has 0 saturated carbocycles. The lowest BCUT2D eigenvalue weighted by Crippen LogP contribution is -2.17. The van der Waals surface area contributed by atoms with Crippen molar-refractivity contribution < 1.29 is 4.39 Å². The Hall–Kier alpha value is -1.60. The zero-order valence-corrected chi connectivity index (χ0v) is 14.2. The van der Waals surface area contributed by atoms with E-state index in [0.717, 1.165) is 16.8 Å². The summed E-state index contributed by atoms with van der Waals surface area (Å²) < 4.78 is 14.1. The van der Waals surface area contributed by atoms with Crippen LogP contribution in [0.25, 0.3) is 0 Å². The van der Waals surface area contributed by atoms with Crippen LogP contribution in [0.5, 0.6) is 0 Å². The molecule has 2 aromatic rings. The molecule has 0 bridgehead atoms. The summed E-state index contributed by atoms with van der Waals surface area (Å²) in [6, 6.07) is 3.08. The highest BCUT2D eigenvalue weighted by Gasteiger charge is 2.15.